The molecule has 1 atom stereocenters. The Morgan fingerprint density at radius 2 is 2.16 bits per heavy atom. The number of aromatic nitrogens is 2. The molecule has 0 aliphatic rings. The molecule has 1 heterocycles. The van der Waals surface area contributed by atoms with E-state index in [4.69, 9.17) is 5.11 Å². The molecule has 1 aromatic rings. The van der Waals surface area contributed by atoms with Crippen LogP contribution < -0.4 is 10.6 Å². The molecule has 3 N–H and O–H groups in total. The summed E-state index contributed by atoms with van der Waals surface area (Å²) in [6.45, 7) is 4.67. The number of nitrogens with zero attached hydrogens (tertiary/aromatic N) is 2. The molecule has 1 rings (SSSR count). The number of hydrogen-bond acceptors (Lipinski definition) is 3. The van der Waals surface area contributed by atoms with Crippen LogP contribution in [0.15, 0.2) is 18.5 Å². The van der Waals surface area contributed by atoms with Crippen LogP contribution in [0.4, 0.5) is 4.79 Å². The molecular weight excluding hydrogens is 248 g/mol. The molecule has 0 saturated carbocycles. The molecule has 0 aliphatic carbocycles. The number of aliphatic carboxylic acids is 1. The molecule has 7 heteroatoms. The number of rotatable bonds is 7. The smallest absolute Gasteiger partial charge is 0.326 e. The van der Waals surface area contributed by atoms with Crippen LogP contribution in [0.3, 0.4) is 0 Å². The van der Waals surface area contributed by atoms with E-state index in [-0.39, 0.29) is 5.92 Å². The minimum absolute atomic E-state index is 0.160. The van der Waals surface area contributed by atoms with Gasteiger partial charge in [0.15, 0.2) is 0 Å². The Morgan fingerprint density at radius 1 is 1.42 bits per heavy atom. The lowest BCUT2D eigenvalue weighted by Crippen LogP contribution is -2.48. The van der Waals surface area contributed by atoms with Crippen molar-refractivity contribution in [3.8, 4) is 0 Å². The first-order chi connectivity index (χ1) is 9.00. The summed E-state index contributed by atoms with van der Waals surface area (Å²) in [5, 5.41) is 18.0. The van der Waals surface area contributed by atoms with Crippen molar-refractivity contribution in [2.24, 2.45) is 5.92 Å². The van der Waals surface area contributed by atoms with Gasteiger partial charge in [-0.05, 0) is 18.4 Å². The number of carbonyl (C=O) groups is 2. The van der Waals surface area contributed by atoms with Gasteiger partial charge in [0.05, 0.1) is 0 Å². The molecule has 106 valence electrons. The molecule has 19 heavy (non-hydrogen) atoms. The van der Waals surface area contributed by atoms with Gasteiger partial charge in [0.25, 0.3) is 0 Å². The molecule has 0 aliphatic heterocycles. The highest BCUT2D eigenvalue weighted by molar-refractivity contribution is 5.82. The maximum atomic E-state index is 11.5. The standard InChI is InChI=1S/C12H20N4O3/c1-9(2)10(11(17)18)15-12(19)13-5-3-7-16-8-4-6-14-16/h4,6,8-10H,3,5,7H2,1-2H3,(H,17,18)(H2,13,15,19)/t10-/m1/s1. The van der Waals surface area contributed by atoms with Gasteiger partial charge in [0, 0.05) is 25.5 Å². The molecule has 0 aromatic carbocycles. The third-order valence-corrected chi connectivity index (χ3v) is 2.63. The van der Waals surface area contributed by atoms with Gasteiger partial charge < -0.3 is 15.7 Å². The minimum atomic E-state index is -1.03. The predicted octanol–water partition coefficient (Wildman–Crippen LogP) is 0.682. The summed E-state index contributed by atoms with van der Waals surface area (Å²) in [5.74, 6) is -1.19. The van der Waals surface area contributed by atoms with Crippen molar-refractivity contribution in [1.82, 2.24) is 20.4 Å². The summed E-state index contributed by atoms with van der Waals surface area (Å²) in [5.41, 5.74) is 0. The van der Waals surface area contributed by atoms with Crippen LogP contribution in [-0.4, -0.2) is 39.5 Å². The average Bonchev–Trinajstić information content (AvgIpc) is 2.84. The van der Waals surface area contributed by atoms with Crippen LogP contribution in [0.1, 0.15) is 20.3 Å². The summed E-state index contributed by atoms with van der Waals surface area (Å²) < 4.78 is 1.77. The normalized spacial score (nSPS) is 12.2. The second kappa shape index (κ2) is 7.40. The second-order valence-corrected chi connectivity index (χ2v) is 4.58. The first kappa shape index (κ1) is 15.0. The van der Waals surface area contributed by atoms with Gasteiger partial charge in [-0.25, -0.2) is 9.59 Å². The topological polar surface area (TPSA) is 96.3 Å². The zero-order chi connectivity index (χ0) is 14.3. The number of urea groups is 1. The number of amides is 2. The molecule has 7 nitrogen and oxygen atoms in total. The predicted molar refractivity (Wildman–Crippen MR) is 69.6 cm³/mol. The van der Waals surface area contributed by atoms with Gasteiger partial charge >= 0.3 is 12.0 Å². The highest BCUT2D eigenvalue weighted by Crippen LogP contribution is 2.01. The lowest BCUT2D eigenvalue weighted by molar-refractivity contribution is -0.140. The fraction of sp³-hybridized carbons (Fsp3) is 0.583. The fourth-order valence-corrected chi connectivity index (χ4v) is 1.58. The first-order valence-electron chi connectivity index (χ1n) is 6.25. The average molecular weight is 268 g/mol. The maximum absolute atomic E-state index is 11.5. The Morgan fingerprint density at radius 3 is 2.68 bits per heavy atom. The quantitative estimate of drug-likeness (QED) is 0.634. The van der Waals surface area contributed by atoms with E-state index >= 15 is 0 Å². The maximum Gasteiger partial charge on any atom is 0.326 e. The van der Waals surface area contributed by atoms with E-state index in [1.165, 1.54) is 0 Å². The van der Waals surface area contributed by atoms with E-state index in [1.807, 2.05) is 12.3 Å². The van der Waals surface area contributed by atoms with Gasteiger partial charge in [-0.3, -0.25) is 4.68 Å². The van der Waals surface area contributed by atoms with Crippen LogP contribution in [0, 0.1) is 5.92 Å². The summed E-state index contributed by atoms with van der Waals surface area (Å²) in [6.07, 6.45) is 4.27. The van der Waals surface area contributed by atoms with Crippen molar-refractivity contribution in [2.45, 2.75) is 32.9 Å². The van der Waals surface area contributed by atoms with Crippen LogP contribution in [0.25, 0.3) is 0 Å². The molecular formula is C12H20N4O3. The van der Waals surface area contributed by atoms with Crippen molar-refractivity contribution in [3.63, 3.8) is 0 Å². The lowest BCUT2D eigenvalue weighted by atomic mass is 10.1. The van der Waals surface area contributed by atoms with E-state index in [1.54, 1.807) is 24.7 Å². The number of hydrogen-bond donors (Lipinski definition) is 3. The van der Waals surface area contributed by atoms with Crippen molar-refractivity contribution in [3.05, 3.63) is 18.5 Å². The van der Waals surface area contributed by atoms with Gasteiger partial charge in [-0.1, -0.05) is 13.8 Å². The van der Waals surface area contributed by atoms with Gasteiger partial charge in [0.1, 0.15) is 6.04 Å². The van der Waals surface area contributed by atoms with E-state index in [2.05, 4.69) is 15.7 Å². The zero-order valence-corrected chi connectivity index (χ0v) is 11.2. The lowest BCUT2D eigenvalue weighted by Gasteiger charge is -2.18. The molecule has 0 fully saturated rings. The highest BCUT2D eigenvalue weighted by Gasteiger charge is 2.22. The molecule has 0 spiro atoms. The molecule has 2 amide bonds. The number of carboxylic acid groups (broad SMARTS) is 1. The van der Waals surface area contributed by atoms with Crippen LogP contribution in [0.2, 0.25) is 0 Å². The molecule has 0 radical (unpaired) electrons. The molecule has 0 saturated heterocycles. The van der Waals surface area contributed by atoms with Gasteiger partial charge in [-0.15, -0.1) is 0 Å². The third kappa shape index (κ3) is 5.41. The Hall–Kier alpha value is -2.05. The van der Waals surface area contributed by atoms with Crippen LogP contribution in [-0.2, 0) is 11.3 Å². The van der Waals surface area contributed by atoms with Crippen molar-refractivity contribution in [1.29, 1.82) is 0 Å². The molecule has 0 unspecified atom stereocenters. The molecule has 1 aromatic heterocycles. The number of carboxylic acids is 1. The number of carbonyl (C=O) groups excluding carboxylic acids is 1. The van der Waals surface area contributed by atoms with E-state index in [9.17, 15) is 9.59 Å². The van der Waals surface area contributed by atoms with E-state index < -0.39 is 18.0 Å². The fourth-order valence-electron chi connectivity index (χ4n) is 1.58. The zero-order valence-electron chi connectivity index (χ0n) is 11.2. The van der Waals surface area contributed by atoms with E-state index in [0.29, 0.717) is 13.1 Å². The van der Waals surface area contributed by atoms with Crippen molar-refractivity contribution >= 4 is 12.0 Å². The minimum Gasteiger partial charge on any atom is -0.480 e. The van der Waals surface area contributed by atoms with Crippen LogP contribution in [0.5, 0.6) is 0 Å². The number of nitrogens with one attached hydrogen (secondary N) is 2. The van der Waals surface area contributed by atoms with Crippen molar-refractivity contribution in [2.75, 3.05) is 6.54 Å². The molecule has 0 bridgehead atoms. The van der Waals surface area contributed by atoms with Crippen molar-refractivity contribution < 1.29 is 14.7 Å². The Balaban J connectivity index is 2.21. The van der Waals surface area contributed by atoms with Crippen LogP contribution >= 0.6 is 0 Å². The Kier molecular flexibility index (Phi) is 5.84. The Labute approximate surface area is 112 Å². The Bertz CT molecular complexity index is 403. The summed E-state index contributed by atoms with van der Waals surface area (Å²) in [4.78, 5) is 22.4. The SMILES string of the molecule is CC(C)[C@@H](NC(=O)NCCCn1cccn1)C(=O)O. The first-order valence-corrected chi connectivity index (χ1v) is 6.25. The summed E-state index contributed by atoms with van der Waals surface area (Å²) in [7, 11) is 0. The van der Waals surface area contributed by atoms with Gasteiger partial charge in [-0.2, -0.15) is 5.10 Å². The monoisotopic (exact) mass is 268 g/mol. The summed E-state index contributed by atoms with van der Waals surface area (Å²) in [6, 6.07) is 0.507. The second-order valence-electron chi connectivity index (χ2n) is 4.58. The highest BCUT2D eigenvalue weighted by atomic mass is 16.4. The number of aryl methyl sites for hydroxylation is 1. The largest absolute Gasteiger partial charge is 0.480 e. The van der Waals surface area contributed by atoms with E-state index in [0.717, 1.165) is 6.42 Å². The third-order valence-electron chi connectivity index (χ3n) is 2.63. The van der Waals surface area contributed by atoms with Gasteiger partial charge in [0.2, 0.25) is 0 Å². The summed E-state index contributed by atoms with van der Waals surface area (Å²) >= 11 is 0.